The number of hydrogen-bond donors (Lipinski definition) is 2. The van der Waals surface area contributed by atoms with Crippen LogP contribution < -0.4 is 5.73 Å². The monoisotopic (exact) mass is 581 g/mol. The molecule has 6 heterocycles. The van der Waals surface area contributed by atoms with E-state index in [-0.39, 0.29) is 34.6 Å². The lowest BCUT2D eigenvalue weighted by Crippen LogP contribution is -2.46. The predicted octanol–water partition coefficient (Wildman–Crippen LogP) is 4.63. The molecule has 42 heavy (non-hydrogen) atoms. The molecule has 2 bridgehead atoms. The molecule has 10 nitrogen and oxygen atoms in total. The number of carbonyl (C=O) groups excluding carboxylic acids is 1. The first-order valence-electron chi connectivity index (χ1n) is 14.1. The number of nitrogens with two attached hydrogens (primary N) is 1. The molecule has 3 atom stereocenters. The van der Waals surface area contributed by atoms with E-state index in [0.717, 1.165) is 40.9 Å². The minimum absolute atomic E-state index is 0.0162. The number of sulfone groups is 1. The Hall–Kier alpha value is -4.51. The zero-order valence-corrected chi connectivity index (χ0v) is 24.2. The number of aromatic amines is 1. The Balaban J connectivity index is 1.27. The first-order valence-corrected chi connectivity index (χ1v) is 15.9. The SMILES string of the molecule is Cc1cc(C(=O)N2[C@@H]3CC[C@H]2C[C@H](c2nc4c(-c5ccc(-c6ccccc6)nc5)ccn4c(N)c2S(C)(=O)=O)C3)[nH]n1. The van der Waals surface area contributed by atoms with Crippen LogP contribution in [0.4, 0.5) is 5.82 Å². The zero-order valence-electron chi connectivity index (χ0n) is 23.4. The highest BCUT2D eigenvalue weighted by atomic mass is 32.2. The number of aromatic nitrogens is 5. The molecular formula is C31H31N7O3S. The van der Waals surface area contributed by atoms with Gasteiger partial charge in [-0.25, -0.2) is 13.4 Å². The van der Waals surface area contributed by atoms with Crippen LogP contribution in [0.5, 0.6) is 0 Å². The number of pyridine rings is 1. The molecule has 5 aromatic rings. The number of carbonyl (C=O) groups is 1. The van der Waals surface area contributed by atoms with Crippen molar-refractivity contribution in [3.8, 4) is 22.4 Å². The average Bonchev–Trinajstić information content (AvgIpc) is 3.68. The summed E-state index contributed by atoms with van der Waals surface area (Å²) < 4.78 is 27.9. The summed E-state index contributed by atoms with van der Waals surface area (Å²) >= 11 is 0. The normalized spacial score (nSPS) is 20.3. The summed E-state index contributed by atoms with van der Waals surface area (Å²) in [6.45, 7) is 1.84. The molecule has 214 valence electrons. The number of benzene rings is 1. The van der Waals surface area contributed by atoms with Gasteiger partial charge in [0.05, 0.1) is 17.1 Å². The number of aryl methyl sites for hydroxylation is 1. The van der Waals surface area contributed by atoms with Crippen molar-refractivity contribution in [2.75, 3.05) is 12.0 Å². The van der Waals surface area contributed by atoms with E-state index in [2.05, 4.69) is 15.2 Å². The van der Waals surface area contributed by atoms with Gasteiger partial charge in [-0.05, 0) is 50.8 Å². The van der Waals surface area contributed by atoms with Crippen LogP contribution in [0.1, 0.15) is 53.5 Å². The van der Waals surface area contributed by atoms with E-state index in [1.165, 1.54) is 6.26 Å². The highest BCUT2D eigenvalue weighted by molar-refractivity contribution is 7.91. The van der Waals surface area contributed by atoms with Crippen molar-refractivity contribution in [1.82, 2.24) is 29.5 Å². The molecule has 2 aliphatic rings. The van der Waals surface area contributed by atoms with E-state index in [1.807, 2.05) is 60.4 Å². The van der Waals surface area contributed by atoms with Gasteiger partial charge in [0.15, 0.2) is 9.84 Å². The van der Waals surface area contributed by atoms with Gasteiger partial charge in [-0.3, -0.25) is 19.3 Å². The molecule has 1 amide bonds. The first-order chi connectivity index (χ1) is 20.2. The van der Waals surface area contributed by atoms with E-state index in [4.69, 9.17) is 10.7 Å². The van der Waals surface area contributed by atoms with E-state index >= 15 is 0 Å². The Morgan fingerprint density at radius 3 is 2.38 bits per heavy atom. The Bertz CT molecular complexity index is 1920. The van der Waals surface area contributed by atoms with Gasteiger partial charge in [0.1, 0.15) is 22.1 Å². The van der Waals surface area contributed by atoms with Crippen LogP contribution in [0.3, 0.4) is 0 Å². The summed E-state index contributed by atoms with van der Waals surface area (Å²) in [7, 11) is -3.70. The highest BCUT2D eigenvalue weighted by Crippen LogP contribution is 2.46. The Morgan fingerprint density at radius 2 is 1.76 bits per heavy atom. The van der Waals surface area contributed by atoms with Gasteiger partial charge in [-0.2, -0.15) is 5.10 Å². The second-order valence-corrected chi connectivity index (χ2v) is 13.3. The smallest absolute Gasteiger partial charge is 0.272 e. The first kappa shape index (κ1) is 26.4. The maximum atomic E-state index is 13.4. The Labute approximate surface area is 243 Å². The number of rotatable bonds is 5. The number of nitrogen functional groups attached to an aromatic ring is 1. The fraction of sp³-hybridized carbons (Fsp3) is 0.290. The minimum Gasteiger partial charge on any atom is -0.384 e. The van der Waals surface area contributed by atoms with Crippen LogP contribution in [0, 0.1) is 6.92 Å². The molecule has 2 saturated heterocycles. The predicted molar refractivity (Wildman–Crippen MR) is 160 cm³/mol. The summed E-state index contributed by atoms with van der Waals surface area (Å²) in [5.41, 5.74) is 12.5. The van der Waals surface area contributed by atoms with E-state index in [0.29, 0.717) is 29.9 Å². The lowest BCUT2D eigenvalue weighted by molar-refractivity contribution is 0.0562. The third-order valence-electron chi connectivity index (χ3n) is 8.62. The molecular weight excluding hydrogens is 550 g/mol. The molecule has 0 saturated carbocycles. The van der Waals surface area contributed by atoms with Gasteiger partial charge >= 0.3 is 0 Å². The molecule has 7 rings (SSSR count). The van der Waals surface area contributed by atoms with E-state index in [1.54, 1.807) is 22.9 Å². The molecule has 0 aliphatic carbocycles. The van der Waals surface area contributed by atoms with Crippen LogP contribution in [-0.2, 0) is 9.84 Å². The molecule has 4 aromatic heterocycles. The van der Waals surface area contributed by atoms with Crippen LogP contribution in [-0.4, -0.2) is 62.1 Å². The van der Waals surface area contributed by atoms with Crippen LogP contribution in [0.25, 0.3) is 28.0 Å². The molecule has 3 N–H and O–H groups in total. The van der Waals surface area contributed by atoms with Crippen molar-refractivity contribution < 1.29 is 13.2 Å². The summed E-state index contributed by atoms with van der Waals surface area (Å²) in [6.07, 6.45) is 7.70. The van der Waals surface area contributed by atoms with Gasteiger partial charge in [-0.1, -0.05) is 36.4 Å². The van der Waals surface area contributed by atoms with Crippen molar-refractivity contribution in [3.63, 3.8) is 0 Å². The topological polar surface area (TPSA) is 139 Å². The lowest BCUT2D eigenvalue weighted by Gasteiger charge is -2.39. The van der Waals surface area contributed by atoms with E-state index in [9.17, 15) is 13.2 Å². The van der Waals surface area contributed by atoms with Gasteiger partial charge in [0.2, 0.25) is 0 Å². The van der Waals surface area contributed by atoms with Gasteiger partial charge in [0.25, 0.3) is 5.91 Å². The maximum absolute atomic E-state index is 13.4. The number of hydrogen-bond acceptors (Lipinski definition) is 7. The number of amides is 1. The number of fused-ring (bicyclic) bond motifs is 3. The average molecular weight is 582 g/mol. The third-order valence-corrected chi connectivity index (χ3v) is 9.78. The summed E-state index contributed by atoms with van der Waals surface area (Å²) in [6, 6.07) is 17.5. The van der Waals surface area contributed by atoms with Gasteiger partial charge in [-0.15, -0.1) is 0 Å². The van der Waals surface area contributed by atoms with Crippen molar-refractivity contribution in [3.05, 3.63) is 84.1 Å². The second kappa shape index (κ2) is 9.80. The molecule has 2 aliphatic heterocycles. The highest BCUT2D eigenvalue weighted by Gasteiger charge is 2.46. The fourth-order valence-electron chi connectivity index (χ4n) is 6.76. The van der Waals surface area contributed by atoms with Crippen molar-refractivity contribution in [2.24, 2.45) is 0 Å². The van der Waals surface area contributed by atoms with Gasteiger partial charge in [0, 0.05) is 53.3 Å². The van der Waals surface area contributed by atoms with Gasteiger partial charge < -0.3 is 10.6 Å². The second-order valence-electron chi connectivity index (χ2n) is 11.4. The maximum Gasteiger partial charge on any atom is 0.272 e. The molecule has 0 unspecified atom stereocenters. The zero-order chi connectivity index (χ0) is 29.2. The summed E-state index contributed by atoms with van der Waals surface area (Å²) in [5.74, 6) is -0.0713. The summed E-state index contributed by atoms with van der Waals surface area (Å²) in [5, 5.41) is 6.97. The molecule has 2 fully saturated rings. The standard InChI is InChI=1S/C31H31N7O3S/c1-18-14-26(36-35-18)31(39)38-22-9-10-23(38)16-21(15-22)27-28(42(2,40)41)29(32)37-13-12-24(30(37)34-27)20-8-11-25(33-17-20)19-6-4-3-5-7-19/h3-8,11-14,17,21-23H,9-10,15-16,32H2,1-2H3,(H,35,36)/t21-,22-,23+. The Kier molecular flexibility index (Phi) is 6.16. The number of H-pyrrole nitrogens is 1. The van der Waals surface area contributed by atoms with Crippen molar-refractivity contribution in [2.45, 2.75) is 55.5 Å². The van der Waals surface area contributed by atoms with Crippen molar-refractivity contribution >= 4 is 27.2 Å². The largest absolute Gasteiger partial charge is 0.384 e. The van der Waals surface area contributed by atoms with Crippen LogP contribution in [0.2, 0.25) is 0 Å². The fourth-order valence-corrected chi connectivity index (χ4v) is 7.83. The van der Waals surface area contributed by atoms with Crippen molar-refractivity contribution in [1.29, 1.82) is 0 Å². The quantitative estimate of drug-likeness (QED) is 0.308. The minimum atomic E-state index is -3.70. The molecule has 11 heteroatoms. The number of anilines is 1. The lowest BCUT2D eigenvalue weighted by atomic mass is 9.87. The van der Waals surface area contributed by atoms with Crippen LogP contribution in [0.15, 0.2) is 71.9 Å². The summed E-state index contributed by atoms with van der Waals surface area (Å²) in [4.78, 5) is 25.1. The molecule has 1 aromatic carbocycles. The number of nitrogens with one attached hydrogen (secondary N) is 1. The number of piperidine rings is 1. The van der Waals surface area contributed by atoms with E-state index < -0.39 is 9.84 Å². The Morgan fingerprint density at radius 1 is 1.02 bits per heavy atom. The molecule has 0 radical (unpaired) electrons. The number of nitrogens with zero attached hydrogens (tertiary/aromatic N) is 5. The van der Waals surface area contributed by atoms with Crippen LogP contribution >= 0.6 is 0 Å². The third kappa shape index (κ3) is 4.35. The molecule has 0 spiro atoms.